The summed E-state index contributed by atoms with van der Waals surface area (Å²) < 4.78 is 6.57. The first-order chi connectivity index (χ1) is 9.63. The molecule has 0 bridgehead atoms. The number of hydrogen-bond donors (Lipinski definition) is 0. The number of fused-ring (bicyclic) bond motifs is 1. The van der Waals surface area contributed by atoms with Gasteiger partial charge in [0.25, 0.3) is 5.24 Å². The van der Waals surface area contributed by atoms with Crippen molar-refractivity contribution >= 4 is 33.7 Å². The molecule has 0 radical (unpaired) electrons. The van der Waals surface area contributed by atoms with Crippen molar-refractivity contribution < 1.29 is 14.3 Å². The van der Waals surface area contributed by atoms with Crippen molar-refractivity contribution in [3.8, 4) is 0 Å². The third kappa shape index (κ3) is 3.17. The minimum absolute atomic E-state index is 0.224. The number of ether oxygens (including phenoxy) is 1. The average Bonchev–Trinajstić information content (AvgIpc) is 2.79. The van der Waals surface area contributed by atoms with E-state index in [9.17, 15) is 9.59 Å². The molecule has 106 valence electrons. The lowest BCUT2D eigenvalue weighted by molar-refractivity contribution is -0.143. The average molecular weight is 295 g/mol. The number of benzene rings is 1. The monoisotopic (exact) mass is 294 g/mol. The van der Waals surface area contributed by atoms with Crippen LogP contribution >= 0.6 is 11.6 Å². The highest BCUT2D eigenvalue weighted by molar-refractivity contribution is 6.68. The maximum absolute atomic E-state index is 11.4. The number of esters is 1. The lowest BCUT2D eigenvalue weighted by Gasteiger charge is -2.03. The van der Waals surface area contributed by atoms with Gasteiger partial charge in [-0.15, -0.1) is 0 Å². The smallest absolute Gasteiger partial charge is 0.305 e. The molecule has 0 aliphatic rings. The summed E-state index contributed by atoms with van der Waals surface area (Å²) >= 11 is 5.53. The topological polar surface area (TPSA) is 61.2 Å². The van der Waals surface area contributed by atoms with Gasteiger partial charge in [-0.3, -0.25) is 14.3 Å². The Morgan fingerprint density at radius 2 is 2.10 bits per heavy atom. The van der Waals surface area contributed by atoms with E-state index in [0.717, 1.165) is 10.9 Å². The molecular formula is C14H15ClN2O3. The van der Waals surface area contributed by atoms with Gasteiger partial charge in [-0.05, 0) is 31.0 Å². The van der Waals surface area contributed by atoms with Crippen LogP contribution in [0.25, 0.3) is 10.9 Å². The summed E-state index contributed by atoms with van der Waals surface area (Å²) in [5, 5.41) is 4.36. The molecule has 2 aromatic rings. The van der Waals surface area contributed by atoms with Gasteiger partial charge in [-0.2, -0.15) is 5.10 Å². The predicted molar refractivity (Wildman–Crippen MR) is 75.8 cm³/mol. The molecule has 0 atom stereocenters. The molecule has 0 unspecified atom stereocenters. The Labute approximate surface area is 121 Å². The number of rotatable bonds is 6. The number of carbonyl (C=O) groups is 2. The maximum Gasteiger partial charge on any atom is 0.305 e. The van der Waals surface area contributed by atoms with Crippen molar-refractivity contribution in [1.29, 1.82) is 0 Å². The first kappa shape index (κ1) is 14.5. The summed E-state index contributed by atoms with van der Waals surface area (Å²) in [6.45, 7) is 2.69. The van der Waals surface area contributed by atoms with Gasteiger partial charge >= 0.3 is 5.97 Å². The Morgan fingerprint density at radius 1 is 1.35 bits per heavy atom. The van der Waals surface area contributed by atoms with Crippen molar-refractivity contribution in [3.05, 3.63) is 30.0 Å². The summed E-state index contributed by atoms with van der Waals surface area (Å²) in [6, 6.07) is 7.38. The third-order valence-corrected chi connectivity index (χ3v) is 3.08. The zero-order chi connectivity index (χ0) is 14.5. The van der Waals surface area contributed by atoms with Crippen molar-refractivity contribution in [1.82, 2.24) is 9.78 Å². The van der Waals surface area contributed by atoms with E-state index in [1.54, 1.807) is 17.7 Å². The molecule has 1 aromatic carbocycles. The summed E-state index contributed by atoms with van der Waals surface area (Å²) in [7, 11) is 0. The number of para-hydroxylation sites is 1. The molecule has 0 spiro atoms. The van der Waals surface area contributed by atoms with E-state index in [4.69, 9.17) is 16.3 Å². The minimum atomic E-state index is -0.578. The standard InChI is InChI=1S/C14H15ClN2O3/c1-2-20-12(18)8-5-9-17-11-7-4-3-6-10(11)13(16-17)14(15)19/h3-4,6-7H,2,5,8-9H2,1H3. The van der Waals surface area contributed by atoms with Crippen molar-refractivity contribution in [2.45, 2.75) is 26.3 Å². The van der Waals surface area contributed by atoms with Crippen LogP contribution in [-0.4, -0.2) is 27.6 Å². The molecule has 0 saturated heterocycles. The minimum Gasteiger partial charge on any atom is -0.466 e. The lowest BCUT2D eigenvalue weighted by atomic mass is 10.2. The van der Waals surface area contributed by atoms with Crippen molar-refractivity contribution in [3.63, 3.8) is 0 Å². The Kier molecular flexibility index (Phi) is 4.74. The third-order valence-electron chi connectivity index (χ3n) is 2.90. The van der Waals surface area contributed by atoms with E-state index in [0.29, 0.717) is 26.0 Å². The quantitative estimate of drug-likeness (QED) is 0.607. The number of aromatic nitrogens is 2. The molecule has 0 aliphatic carbocycles. The van der Waals surface area contributed by atoms with Crippen molar-refractivity contribution in [2.24, 2.45) is 0 Å². The van der Waals surface area contributed by atoms with Crippen LogP contribution in [0.2, 0.25) is 0 Å². The number of halogens is 1. The fraction of sp³-hybridized carbons (Fsp3) is 0.357. The Morgan fingerprint density at radius 3 is 2.80 bits per heavy atom. The van der Waals surface area contributed by atoms with Gasteiger partial charge in [0.1, 0.15) is 0 Å². The van der Waals surface area contributed by atoms with E-state index in [1.807, 2.05) is 18.2 Å². The van der Waals surface area contributed by atoms with Crippen LogP contribution in [0.5, 0.6) is 0 Å². The highest BCUT2D eigenvalue weighted by Crippen LogP contribution is 2.20. The predicted octanol–water partition coefficient (Wildman–Crippen LogP) is 2.76. The van der Waals surface area contributed by atoms with Crippen LogP contribution in [-0.2, 0) is 16.1 Å². The van der Waals surface area contributed by atoms with Crippen LogP contribution in [0, 0.1) is 0 Å². The van der Waals surface area contributed by atoms with E-state index in [-0.39, 0.29) is 11.7 Å². The molecular weight excluding hydrogens is 280 g/mol. The van der Waals surface area contributed by atoms with Gasteiger partial charge in [0, 0.05) is 18.4 Å². The van der Waals surface area contributed by atoms with E-state index < -0.39 is 5.24 Å². The number of nitrogens with zero attached hydrogens (tertiary/aromatic N) is 2. The maximum atomic E-state index is 11.4. The zero-order valence-electron chi connectivity index (χ0n) is 11.1. The van der Waals surface area contributed by atoms with Crippen LogP contribution in [0.3, 0.4) is 0 Å². The van der Waals surface area contributed by atoms with Crippen LogP contribution < -0.4 is 0 Å². The molecule has 0 saturated carbocycles. The number of hydrogen-bond acceptors (Lipinski definition) is 4. The van der Waals surface area contributed by atoms with Crippen molar-refractivity contribution in [2.75, 3.05) is 6.61 Å². The van der Waals surface area contributed by atoms with Gasteiger partial charge < -0.3 is 4.74 Å². The lowest BCUT2D eigenvalue weighted by Crippen LogP contribution is -2.07. The molecule has 2 rings (SSSR count). The molecule has 0 aliphatic heterocycles. The largest absolute Gasteiger partial charge is 0.466 e. The summed E-state index contributed by atoms with van der Waals surface area (Å²) in [6.07, 6.45) is 0.923. The summed E-state index contributed by atoms with van der Waals surface area (Å²) in [5.74, 6) is -0.224. The van der Waals surface area contributed by atoms with Gasteiger partial charge in [0.05, 0.1) is 12.1 Å². The van der Waals surface area contributed by atoms with Crippen LogP contribution in [0.15, 0.2) is 24.3 Å². The zero-order valence-corrected chi connectivity index (χ0v) is 11.9. The first-order valence-corrected chi connectivity index (χ1v) is 6.82. The van der Waals surface area contributed by atoms with E-state index in [1.165, 1.54) is 0 Å². The molecule has 6 heteroatoms. The molecule has 20 heavy (non-hydrogen) atoms. The second-order valence-corrected chi connectivity index (χ2v) is 4.61. The SMILES string of the molecule is CCOC(=O)CCCn1nc(C(=O)Cl)c2ccccc21. The number of carbonyl (C=O) groups excluding carboxylic acids is 2. The fourth-order valence-corrected chi connectivity index (χ4v) is 2.19. The first-order valence-electron chi connectivity index (χ1n) is 6.44. The Hall–Kier alpha value is -1.88. The van der Waals surface area contributed by atoms with Crippen LogP contribution in [0.1, 0.15) is 30.3 Å². The molecule has 0 N–H and O–H groups in total. The Balaban J connectivity index is 2.14. The molecule has 1 heterocycles. The Bertz CT molecular complexity index is 636. The highest BCUT2D eigenvalue weighted by atomic mass is 35.5. The fourth-order valence-electron chi connectivity index (χ4n) is 2.05. The number of aryl methyl sites for hydroxylation is 1. The van der Waals surface area contributed by atoms with Gasteiger partial charge in [-0.1, -0.05) is 18.2 Å². The second kappa shape index (κ2) is 6.52. The summed E-state index contributed by atoms with van der Waals surface area (Å²) in [5.41, 5.74) is 1.08. The second-order valence-electron chi connectivity index (χ2n) is 4.27. The molecule has 0 fully saturated rings. The normalized spacial score (nSPS) is 10.7. The van der Waals surface area contributed by atoms with Crippen LogP contribution in [0.4, 0.5) is 0 Å². The summed E-state index contributed by atoms with van der Waals surface area (Å²) in [4.78, 5) is 22.6. The molecule has 1 aromatic heterocycles. The van der Waals surface area contributed by atoms with Gasteiger partial charge in [0.2, 0.25) is 0 Å². The molecule has 5 nitrogen and oxygen atoms in total. The highest BCUT2D eigenvalue weighted by Gasteiger charge is 2.15. The van der Waals surface area contributed by atoms with E-state index in [2.05, 4.69) is 5.10 Å². The van der Waals surface area contributed by atoms with E-state index >= 15 is 0 Å². The van der Waals surface area contributed by atoms with Gasteiger partial charge in [-0.25, -0.2) is 0 Å². The van der Waals surface area contributed by atoms with Gasteiger partial charge in [0.15, 0.2) is 5.69 Å². The molecule has 0 amide bonds.